The Balaban J connectivity index is 1.66. The van der Waals surface area contributed by atoms with Crippen molar-refractivity contribution in [3.8, 4) is 0 Å². The van der Waals surface area contributed by atoms with Crippen LogP contribution >= 0.6 is 11.3 Å². The molecule has 1 aliphatic carbocycles. The minimum absolute atomic E-state index is 0.00361. The Labute approximate surface area is 134 Å². The van der Waals surface area contributed by atoms with E-state index in [1.165, 1.54) is 23.3 Å². The van der Waals surface area contributed by atoms with Crippen molar-refractivity contribution < 1.29 is 19.4 Å². The first-order valence-electron chi connectivity index (χ1n) is 8.00. The fourth-order valence-corrected chi connectivity index (χ4v) is 4.30. The van der Waals surface area contributed by atoms with Crippen LogP contribution in [-0.4, -0.2) is 49.6 Å². The molecular formula is C16H23NO4S. The molecule has 22 heavy (non-hydrogen) atoms. The van der Waals surface area contributed by atoms with Crippen LogP contribution in [0, 0.1) is 0 Å². The molecule has 1 aromatic rings. The third-order valence-electron chi connectivity index (χ3n) is 4.35. The maximum atomic E-state index is 12.6. The number of rotatable bonds is 5. The number of hydrogen-bond acceptors (Lipinski definition) is 5. The zero-order valence-electron chi connectivity index (χ0n) is 12.7. The van der Waals surface area contributed by atoms with Crippen molar-refractivity contribution in [2.45, 2.75) is 44.2 Å². The Morgan fingerprint density at radius 2 is 2.32 bits per heavy atom. The fraction of sp³-hybridized carbons (Fsp3) is 0.688. The van der Waals surface area contributed by atoms with Crippen LogP contribution < -0.4 is 5.32 Å². The molecule has 0 radical (unpaired) electrons. The molecule has 2 N–H and O–H groups in total. The zero-order valence-corrected chi connectivity index (χ0v) is 13.5. The number of aliphatic hydroxyl groups is 1. The third kappa shape index (κ3) is 3.51. The largest absolute Gasteiger partial charge is 0.394 e. The van der Waals surface area contributed by atoms with Gasteiger partial charge in [0.15, 0.2) is 0 Å². The number of carbonyl (C=O) groups excluding carboxylic acids is 1. The number of ether oxygens (including phenoxy) is 2. The van der Waals surface area contributed by atoms with Crippen LogP contribution in [0.4, 0.5) is 0 Å². The van der Waals surface area contributed by atoms with Gasteiger partial charge in [0.1, 0.15) is 6.10 Å². The number of nitrogens with one attached hydrogen (secondary N) is 1. The van der Waals surface area contributed by atoms with Crippen molar-refractivity contribution in [3.63, 3.8) is 0 Å². The molecule has 2 atom stereocenters. The number of fused-ring (bicyclic) bond motifs is 1. The summed E-state index contributed by atoms with van der Waals surface area (Å²) in [6.45, 7) is 1.35. The summed E-state index contributed by atoms with van der Waals surface area (Å²) >= 11 is 1.71. The van der Waals surface area contributed by atoms with Gasteiger partial charge in [0.05, 0.1) is 31.4 Å². The Kier molecular flexibility index (Phi) is 5.46. The Morgan fingerprint density at radius 1 is 1.45 bits per heavy atom. The highest BCUT2D eigenvalue weighted by Crippen LogP contribution is 2.30. The number of thiophene rings is 1. The average molecular weight is 325 g/mol. The molecule has 0 aromatic carbocycles. The van der Waals surface area contributed by atoms with E-state index in [4.69, 9.17) is 14.6 Å². The summed E-state index contributed by atoms with van der Waals surface area (Å²) in [4.78, 5) is 14.0. The molecule has 3 rings (SSSR count). The van der Waals surface area contributed by atoms with E-state index in [9.17, 15) is 4.79 Å². The maximum Gasteiger partial charge on any atom is 0.252 e. The predicted octanol–water partition coefficient (Wildman–Crippen LogP) is 1.52. The van der Waals surface area contributed by atoms with Crippen molar-refractivity contribution in [2.24, 2.45) is 0 Å². The summed E-state index contributed by atoms with van der Waals surface area (Å²) in [5.41, 5.74) is 2.08. The van der Waals surface area contributed by atoms with E-state index in [2.05, 4.69) is 5.32 Å². The maximum absolute atomic E-state index is 12.6. The highest BCUT2D eigenvalue weighted by Gasteiger charge is 2.29. The number of aryl methyl sites for hydroxylation is 1. The standard InChI is InChI=1S/C16H23NO4S/c18-6-8-21-14-9-20-7-5-13(14)17-16(19)12-10-22-15-4-2-1-3-11(12)15/h10,13-14,18H,1-9H2,(H,17,19)/t13-,14-/m1/s1. The van der Waals surface area contributed by atoms with Crippen molar-refractivity contribution in [1.82, 2.24) is 5.32 Å². The van der Waals surface area contributed by atoms with Crippen molar-refractivity contribution in [3.05, 3.63) is 21.4 Å². The van der Waals surface area contributed by atoms with Gasteiger partial charge in [0.25, 0.3) is 5.91 Å². The molecule has 0 spiro atoms. The van der Waals surface area contributed by atoms with Crippen LogP contribution in [0.2, 0.25) is 0 Å². The summed E-state index contributed by atoms with van der Waals surface area (Å²) in [6.07, 6.45) is 5.08. The van der Waals surface area contributed by atoms with E-state index in [1.54, 1.807) is 11.3 Å². The first kappa shape index (κ1) is 15.9. The summed E-state index contributed by atoms with van der Waals surface area (Å²) in [6, 6.07) is -0.0491. The SMILES string of the molecule is O=C(N[C@@H]1CCOC[C@H]1OCCO)c1csc2c1CCCC2. The monoisotopic (exact) mass is 325 g/mol. The summed E-state index contributed by atoms with van der Waals surface area (Å²) in [5, 5.41) is 14.0. The van der Waals surface area contributed by atoms with Gasteiger partial charge in [-0.2, -0.15) is 0 Å². The van der Waals surface area contributed by atoms with Gasteiger partial charge in [0, 0.05) is 16.9 Å². The minimum Gasteiger partial charge on any atom is -0.394 e. The van der Waals surface area contributed by atoms with Crippen molar-refractivity contribution in [1.29, 1.82) is 0 Å². The fourth-order valence-electron chi connectivity index (χ4n) is 3.18. The van der Waals surface area contributed by atoms with Gasteiger partial charge in [-0.05, 0) is 37.7 Å². The van der Waals surface area contributed by atoms with E-state index in [0.29, 0.717) is 13.2 Å². The van der Waals surface area contributed by atoms with Crippen molar-refractivity contribution >= 4 is 17.2 Å². The molecule has 2 heterocycles. The number of carbonyl (C=O) groups is 1. The van der Waals surface area contributed by atoms with Crippen LogP contribution in [0.3, 0.4) is 0 Å². The smallest absolute Gasteiger partial charge is 0.252 e. The zero-order chi connectivity index (χ0) is 15.4. The lowest BCUT2D eigenvalue weighted by Crippen LogP contribution is -2.50. The Bertz CT molecular complexity index is 516. The van der Waals surface area contributed by atoms with E-state index in [0.717, 1.165) is 24.8 Å². The molecule has 1 amide bonds. The second-order valence-corrected chi connectivity index (χ2v) is 6.80. The highest BCUT2D eigenvalue weighted by atomic mass is 32.1. The summed E-state index contributed by atoms with van der Waals surface area (Å²) in [5.74, 6) is 0.00361. The molecule has 1 fully saturated rings. The average Bonchev–Trinajstić information content (AvgIpc) is 2.98. The molecule has 1 saturated heterocycles. The van der Waals surface area contributed by atoms with Gasteiger partial charge in [-0.15, -0.1) is 11.3 Å². The van der Waals surface area contributed by atoms with Crippen molar-refractivity contribution in [2.75, 3.05) is 26.4 Å². The van der Waals surface area contributed by atoms with Gasteiger partial charge in [-0.25, -0.2) is 0 Å². The molecule has 122 valence electrons. The molecule has 0 unspecified atom stereocenters. The topological polar surface area (TPSA) is 67.8 Å². The number of amides is 1. The highest BCUT2D eigenvalue weighted by molar-refractivity contribution is 7.10. The number of aliphatic hydroxyl groups excluding tert-OH is 1. The summed E-state index contributed by atoms with van der Waals surface area (Å²) < 4.78 is 11.0. The van der Waals surface area contributed by atoms with Gasteiger partial charge < -0.3 is 19.9 Å². The van der Waals surface area contributed by atoms with Crippen LogP contribution in [0.1, 0.15) is 40.1 Å². The predicted molar refractivity (Wildman–Crippen MR) is 84.5 cm³/mol. The summed E-state index contributed by atoms with van der Waals surface area (Å²) in [7, 11) is 0. The lowest BCUT2D eigenvalue weighted by atomic mass is 9.95. The molecule has 5 nitrogen and oxygen atoms in total. The Hall–Kier alpha value is -0.950. The molecular weight excluding hydrogens is 302 g/mol. The third-order valence-corrected chi connectivity index (χ3v) is 5.44. The van der Waals surface area contributed by atoms with E-state index < -0.39 is 0 Å². The van der Waals surface area contributed by atoms with Gasteiger partial charge in [-0.1, -0.05) is 0 Å². The molecule has 0 bridgehead atoms. The van der Waals surface area contributed by atoms with Gasteiger partial charge in [0.2, 0.25) is 0 Å². The lowest BCUT2D eigenvalue weighted by Gasteiger charge is -2.32. The second-order valence-electron chi connectivity index (χ2n) is 5.83. The van der Waals surface area contributed by atoms with Crippen LogP contribution in [0.15, 0.2) is 5.38 Å². The Morgan fingerprint density at radius 3 is 3.18 bits per heavy atom. The minimum atomic E-state index is -0.181. The normalized spacial score (nSPS) is 24.8. The van der Waals surface area contributed by atoms with Crippen LogP contribution in [-0.2, 0) is 22.3 Å². The van der Waals surface area contributed by atoms with Crippen LogP contribution in [0.5, 0.6) is 0 Å². The van der Waals surface area contributed by atoms with Gasteiger partial charge >= 0.3 is 0 Å². The van der Waals surface area contributed by atoms with Crippen LogP contribution in [0.25, 0.3) is 0 Å². The number of hydrogen-bond donors (Lipinski definition) is 2. The first-order valence-corrected chi connectivity index (χ1v) is 8.88. The quantitative estimate of drug-likeness (QED) is 0.861. The molecule has 6 heteroatoms. The lowest BCUT2D eigenvalue weighted by molar-refractivity contribution is -0.0737. The molecule has 1 aromatic heterocycles. The molecule has 2 aliphatic rings. The van der Waals surface area contributed by atoms with E-state index in [-0.39, 0.29) is 31.3 Å². The molecule has 0 saturated carbocycles. The van der Waals surface area contributed by atoms with E-state index in [1.807, 2.05) is 5.38 Å². The first-order chi connectivity index (χ1) is 10.8. The van der Waals surface area contributed by atoms with E-state index >= 15 is 0 Å². The second kappa shape index (κ2) is 7.55. The van der Waals surface area contributed by atoms with Gasteiger partial charge in [-0.3, -0.25) is 4.79 Å². The molecule has 1 aliphatic heterocycles.